The third-order valence-electron chi connectivity index (χ3n) is 3.68. The van der Waals surface area contributed by atoms with Gasteiger partial charge in [0.05, 0.1) is 9.89 Å². The van der Waals surface area contributed by atoms with Crippen molar-refractivity contribution in [2.24, 2.45) is 5.41 Å². The van der Waals surface area contributed by atoms with Crippen LogP contribution in [0.1, 0.15) is 13.3 Å². The first-order valence-electron chi connectivity index (χ1n) is 7.06. The molecular weight excluding hydrogens is 336 g/mol. The van der Waals surface area contributed by atoms with E-state index in [9.17, 15) is 9.90 Å². The van der Waals surface area contributed by atoms with Crippen molar-refractivity contribution < 1.29 is 14.6 Å². The Balaban J connectivity index is 1.74. The highest BCUT2D eigenvalue weighted by Crippen LogP contribution is 2.25. The van der Waals surface area contributed by atoms with Gasteiger partial charge in [-0.3, -0.25) is 4.79 Å². The fourth-order valence-corrected chi connectivity index (χ4v) is 2.64. The van der Waals surface area contributed by atoms with E-state index in [1.165, 1.54) is 0 Å². The molecule has 21 heavy (non-hydrogen) atoms. The second kappa shape index (κ2) is 7.24. The minimum Gasteiger partial charge on any atom is -0.490 e. The lowest BCUT2D eigenvalue weighted by atomic mass is 9.89. The van der Waals surface area contributed by atoms with Crippen molar-refractivity contribution in [1.29, 1.82) is 0 Å². The second-order valence-electron chi connectivity index (χ2n) is 5.59. The minimum atomic E-state index is -0.737. The molecule has 0 radical (unpaired) electrons. The van der Waals surface area contributed by atoms with E-state index in [4.69, 9.17) is 4.74 Å². The molecule has 1 amide bonds. The number of nitrogens with one attached hydrogen (secondary N) is 2. The van der Waals surface area contributed by atoms with Crippen LogP contribution in [-0.4, -0.2) is 43.4 Å². The van der Waals surface area contributed by atoms with Crippen LogP contribution in [0.3, 0.4) is 0 Å². The molecule has 1 aromatic rings. The second-order valence-corrected chi connectivity index (χ2v) is 6.45. The van der Waals surface area contributed by atoms with Crippen LogP contribution in [0.25, 0.3) is 0 Å². The van der Waals surface area contributed by atoms with Gasteiger partial charge < -0.3 is 20.5 Å². The molecule has 3 N–H and O–H groups in total. The highest BCUT2D eigenvalue weighted by Gasteiger charge is 2.36. The highest BCUT2D eigenvalue weighted by molar-refractivity contribution is 9.10. The summed E-state index contributed by atoms with van der Waals surface area (Å²) in [4.78, 5) is 12.1. The quantitative estimate of drug-likeness (QED) is 0.718. The molecular formula is C15H21BrN2O3. The predicted octanol–water partition coefficient (Wildman–Crippen LogP) is 1.30. The number of rotatable bonds is 6. The lowest BCUT2D eigenvalue weighted by Gasteiger charge is -2.22. The molecule has 116 valence electrons. The van der Waals surface area contributed by atoms with Crippen LogP contribution >= 0.6 is 15.9 Å². The van der Waals surface area contributed by atoms with E-state index < -0.39 is 6.10 Å². The van der Waals surface area contributed by atoms with E-state index >= 15 is 0 Å². The predicted molar refractivity (Wildman–Crippen MR) is 84.2 cm³/mol. The fourth-order valence-electron chi connectivity index (χ4n) is 2.24. The molecule has 0 aliphatic carbocycles. The first-order valence-corrected chi connectivity index (χ1v) is 7.85. The molecule has 5 nitrogen and oxygen atoms in total. The van der Waals surface area contributed by atoms with Crippen LogP contribution in [0.5, 0.6) is 5.75 Å². The molecule has 1 aromatic carbocycles. The van der Waals surface area contributed by atoms with Gasteiger partial charge >= 0.3 is 0 Å². The zero-order valence-corrected chi connectivity index (χ0v) is 13.6. The fraction of sp³-hybridized carbons (Fsp3) is 0.533. The number of para-hydroxylation sites is 1. The van der Waals surface area contributed by atoms with Gasteiger partial charge in [0.25, 0.3) is 0 Å². The van der Waals surface area contributed by atoms with Gasteiger partial charge in [-0.2, -0.15) is 0 Å². The number of benzene rings is 1. The van der Waals surface area contributed by atoms with E-state index in [1.54, 1.807) is 0 Å². The molecule has 1 aliphatic heterocycles. The molecule has 6 heteroatoms. The van der Waals surface area contributed by atoms with Crippen molar-refractivity contribution >= 4 is 21.8 Å². The van der Waals surface area contributed by atoms with Gasteiger partial charge in [0, 0.05) is 13.1 Å². The molecule has 2 atom stereocenters. The summed E-state index contributed by atoms with van der Waals surface area (Å²) in [7, 11) is 0. The lowest BCUT2D eigenvalue weighted by Crippen LogP contribution is -2.44. The topological polar surface area (TPSA) is 70.6 Å². The van der Waals surface area contributed by atoms with Crippen molar-refractivity contribution in [3.05, 3.63) is 28.7 Å². The maximum Gasteiger partial charge on any atom is 0.227 e. The number of carbonyl (C=O) groups is 1. The lowest BCUT2D eigenvalue weighted by molar-refractivity contribution is -0.129. The summed E-state index contributed by atoms with van der Waals surface area (Å²) in [5, 5.41) is 15.9. The SMILES string of the molecule is C[C@@]1(C(=O)NC[C@@H](O)COc2ccccc2Br)CCNC1. The van der Waals surface area contributed by atoms with Gasteiger partial charge in [0.2, 0.25) is 5.91 Å². The van der Waals surface area contributed by atoms with E-state index in [1.807, 2.05) is 31.2 Å². The van der Waals surface area contributed by atoms with Gasteiger partial charge in [0.1, 0.15) is 18.5 Å². The monoisotopic (exact) mass is 356 g/mol. The number of aliphatic hydroxyl groups is 1. The van der Waals surface area contributed by atoms with Gasteiger partial charge in [-0.15, -0.1) is 0 Å². The van der Waals surface area contributed by atoms with Gasteiger partial charge in [-0.25, -0.2) is 0 Å². The van der Waals surface area contributed by atoms with E-state index in [0.29, 0.717) is 12.3 Å². The molecule has 2 rings (SSSR count). The van der Waals surface area contributed by atoms with Crippen molar-refractivity contribution in [1.82, 2.24) is 10.6 Å². The average Bonchev–Trinajstić information content (AvgIpc) is 2.92. The Morgan fingerprint density at radius 1 is 1.57 bits per heavy atom. The zero-order valence-electron chi connectivity index (χ0n) is 12.1. The van der Waals surface area contributed by atoms with E-state index in [2.05, 4.69) is 26.6 Å². The standard InChI is InChI=1S/C15H21BrN2O3/c1-15(6-7-17-10-15)14(20)18-8-11(19)9-21-13-5-3-2-4-12(13)16/h2-5,11,17,19H,6-10H2,1H3,(H,18,20)/t11-,15-/m1/s1. The van der Waals surface area contributed by atoms with Crippen LogP contribution < -0.4 is 15.4 Å². The van der Waals surface area contributed by atoms with Crippen molar-refractivity contribution in [2.45, 2.75) is 19.4 Å². The van der Waals surface area contributed by atoms with Crippen LogP contribution in [0.4, 0.5) is 0 Å². The molecule has 0 aromatic heterocycles. The van der Waals surface area contributed by atoms with Gasteiger partial charge in [0.15, 0.2) is 0 Å². The summed E-state index contributed by atoms with van der Waals surface area (Å²) >= 11 is 3.38. The Kier molecular flexibility index (Phi) is 5.61. The maximum atomic E-state index is 12.1. The largest absolute Gasteiger partial charge is 0.490 e. The number of ether oxygens (including phenoxy) is 1. The van der Waals surface area contributed by atoms with Crippen molar-refractivity contribution in [3.8, 4) is 5.75 Å². The highest BCUT2D eigenvalue weighted by atomic mass is 79.9. The van der Waals surface area contributed by atoms with Gasteiger partial charge in [-0.05, 0) is 48.0 Å². The number of halogens is 1. The summed E-state index contributed by atoms with van der Waals surface area (Å²) in [6, 6.07) is 7.45. The van der Waals surface area contributed by atoms with Crippen LogP contribution in [-0.2, 0) is 4.79 Å². The van der Waals surface area contributed by atoms with Crippen LogP contribution in [0.15, 0.2) is 28.7 Å². The minimum absolute atomic E-state index is 0.0209. The number of carbonyl (C=O) groups excluding carboxylic acids is 1. The van der Waals surface area contributed by atoms with E-state index in [-0.39, 0.29) is 24.5 Å². The molecule has 1 aliphatic rings. The molecule has 0 unspecified atom stereocenters. The summed E-state index contributed by atoms with van der Waals surface area (Å²) in [5.41, 5.74) is -0.372. The third-order valence-corrected chi connectivity index (χ3v) is 4.34. The molecule has 1 fully saturated rings. The Labute approximate surface area is 133 Å². The Morgan fingerprint density at radius 3 is 3.00 bits per heavy atom. The average molecular weight is 357 g/mol. The summed E-state index contributed by atoms with van der Waals surface area (Å²) in [6.45, 7) is 3.81. The third kappa shape index (κ3) is 4.43. The number of amides is 1. The summed E-state index contributed by atoms with van der Waals surface area (Å²) in [6.07, 6.45) is 0.0848. The number of aliphatic hydroxyl groups excluding tert-OH is 1. The van der Waals surface area contributed by atoms with E-state index in [0.717, 1.165) is 17.4 Å². The van der Waals surface area contributed by atoms with Crippen LogP contribution in [0.2, 0.25) is 0 Å². The first kappa shape index (κ1) is 16.3. The molecule has 1 heterocycles. The maximum absolute atomic E-state index is 12.1. The zero-order chi connectivity index (χ0) is 15.3. The number of hydrogen-bond donors (Lipinski definition) is 3. The Morgan fingerprint density at radius 2 is 2.33 bits per heavy atom. The molecule has 0 spiro atoms. The molecule has 1 saturated heterocycles. The normalized spacial score (nSPS) is 22.8. The molecule has 0 saturated carbocycles. The van der Waals surface area contributed by atoms with Crippen LogP contribution in [0, 0.1) is 5.41 Å². The Bertz CT molecular complexity index is 490. The van der Waals surface area contributed by atoms with Gasteiger partial charge in [-0.1, -0.05) is 12.1 Å². The smallest absolute Gasteiger partial charge is 0.227 e. The summed E-state index contributed by atoms with van der Waals surface area (Å²) in [5.74, 6) is 0.655. The van der Waals surface area contributed by atoms with Crippen molar-refractivity contribution in [3.63, 3.8) is 0 Å². The first-order chi connectivity index (χ1) is 10.0. The van der Waals surface area contributed by atoms with Crippen molar-refractivity contribution in [2.75, 3.05) is 26.2 Å². The molecule has 0 bridgehead atoms. The Hall–Kier alpha value is -1.11. The summed E-state index contributed by atoms with van der Waals surface area (Å²) < 4.78 is 6.36. The number of hydrogen-bond acceptors (Lipinski definition) is 4.